The Morgan fingerprint density at radius 2 is 2.23 bits per heavy atom. The average molecular weight is 172 g/mol. The molecule has 1 atom stereocenters. The highest BCUT2D eigenvalue weighted by atomic mass is 15.2. The Morgan fingerprint density at radius 1 is 1.54 bits per heavy atom. The summed E-state index contributed by atoms with van der Waals surface area (Å²) in [5, 5.41) is 0. The molecule has 1 aliphatic rings. The highest BCUT2D eigenvalue weighted by Crippen LogP contribution is 2.29. The number of rotatable bonds is 2. The van der Waals surface area contributed by atoms with Crippen LogP contribution >= 0.6 is 0 Å². The summed E-state index contributed by atoms with van der Waals surface area (Å²) in [6, 6.07) is 9.09. The van der Waals surface area contributed by atoms with Gasteiger partial charge in [0.25, 0.3) is 0 Å². The molecule has 0 bridgehead atoms. The van der Waals surface area contributed by atoms with Gasteiger partial charge in [0.05, 0.1) is 0 Å². The molecule has 1 aromatic rings. The summed E-state index contributed by atoms with van der Waals surface area (Å²) in [7, 11) is 0. The second-order valence-electron chi connectivity index (χ2n) is 3.69. The van der Waals surface area contributed by atoms with E-state index in [1.165, 1.54) is 11.1 Å². The van der Waals surface area contributed by atoms with Crippen LogP contribution in [0.4, 0.5) is 0 Å². The molecule has 13 heavy (non-hydrogen) atoms. The van der Waals surface area contributed by atoms with Crippen molar-refractivity contribution in [2.75, 3.05) is 6.54 Å². The van der Waals surface area contributed by atoms with Crippen LogP contribution in [-0.2, 0) is 0 Å². The molecule has 1 aliphatic heterocycles. The van der Waals surface area contributed by atoms with Crippen molar-refractivity contribution in [2.45, 2.75) is 13.0 Å². The van der Waals surface area contributed by atoms with E-state index in [9.17, 15) is 0 Å². The molecule has 1 heterocycles. The first-order chi connectivity index (χ1) is 6.18. The van der Waals surface area contributed by atoms with Gasteiger partial charge in [-0.1, -0.05) is 30.4 Å². The molecule has 0 saturated carbocycles. The van der Waals surface area contributed by atoms with Gasteiger partial charge in [-0.2, -0.15) is 0 Å². The minimum Gasteiger partial charge on any atom is -0.222 e. The van der Waals surface area contributed by atoms with Crippen molar-refractivity contribution in [3.05, 3.63) is 42.0 Å². The molecule has 1 nitrogen and oxygen atoms in total. The van der Waals surface area contributed by atoms with E-state index in [2.05, 4.69) is 42.1 Å². The van der Waals surface area contributed by atoms with E-state index in [4.69, 9.17) is 0 Å². The molecule has 0 aliphatic carbocycles. The van der Waals surface area contributed by atoms with Crippen LogP contribution in [0.2, 0.25) is 0 Å². The second kappa shape index (κ2) is 2.84. The predicted molar refractivity (Wildman–Crippen MR) is 56.1 cm³/mol. The zero-order valence-electron chi connectivity index (χ0n) is 7.96. The van der Waals surface area contributed by atoms with Gasteiger partial charge in [-0.05, 0) is 18.6 Å². The lowest BCUT2D eigenvalue weighted by molar-refractivity contribution is -0.352. The first-order valence-corrected chi connectivity index (χ1v) is 4.51. The topological polar surface area (TPSA) is 3.01 Å². The molecule has 2 rings (SSSR count). The fraction of sp³-hybridized carbons (Fsp3) is 0.250. The molecule has 0 spiro atoms. The summed E-state index contributed by atoms with van der Waals surface area (Å²) >= 11 is 0. The Balaban J connectivity index is 2.33. The first-order valence-electron chi connectivity index (χ1n) is 4.51. The van der Waals surface area contributed by atoms with Gasteiger partial charge < -0.3 is 0 Å². The normalized spacial score (nSPS) is 20.1. The van der Waals surface area contributed by atoms with E-state index in [-0.39, 0.29) is 0 Å². The van der Waals surface area contributed by atoms with Gasteiger partial charge in [0.2, 0.25) is 12.6 Å². The molecule has 1 saturated heterocycles. The van der Waals surface area contributed by atoms with Crippen molar-refractivity contribution in [2.24, 2.45) is 0 Å². The van der Waals surface area contributed by atoms with Crippen LogP contribution in [0.25, 0.3) is 5.57 Å². The Hall–Kier alpha value is -1.37. The third-order valence-corrected chi connectivity index (χ3v) is 2.48. The number of allylic oxidation sites excluding steroid dienone is 1. The lowest BCUT2D eigenvalue weighted by atomic mass is 10.0. The molecule has 66 valence electrons. The zero-order chi connectivity index (χ0) is 9.42. The summed E-state index contributed by atoms with van der Waals surface area (Å²) in [5.74, 6) is 0. The minimum absolute atomic E-state index is 0.541. The molecule has 0 N–H and O–H groups in total. The van der Waals surface area contributed by atoms with Crippen LogP contribution in [0, 0.1) is 0 Å². The maximum absolute atomic E-state index is 3.94. The van der Waals surface area contributed by atoms with E-state index in [0.717, 1.165) is 12.1 Å². The number of nitrogens with zero attached hydrogens (tertiary/aromatic N) is 1. The van der Waals surface area contributed by atoms with E-state index < -0.39 is 0 Å². The average Bonchev–Trinajstić information content (AvgIpc) is 2.83. The van der Waals surface area contributed by atoms with Gasteiger partial charge in [-0.25, -0.2) is 4.58 Å². The van der Waals surface area contributed by atoms with Crippen molar-refractivity contribution in [3.8, 4) is 0 Å². The third kappa shape index (κ3) is 1.55. The SMILES string of the molecule is C=C(C)c1cccc(C2C[N+]2=C)c1. The van der Waals surface area contributed by atoms with Crippen LogP contribution in [0.15, 0.2) is 30.8 Å². The van der Waals surface area contributed by atoms with Crippen molar-refractivity contribution in [1.82, 2.24) is 0 Å². The van der Waals surface area contributed by atoms with Crippen molar-refractivity contribution in [3.63, 3.8) is 0 Å². The Bertz CT molecular complexity index is 376. The summed E-state index contributed by atoms with van der Waals surface area (Å²) in [6.45, 7) is 10.9. The molecule has 1 fully saturated rings. The lowest BCUT2D eigenvalue weighted by Gasteiger charge is -1.99. The quantitative estimate of drug-likeness (QED) is 0.476. The summed E-state index contributed by atoms with van der Waals surface area (Å²) < 4.78 is 2.08. The van der Waals surface area contributed by atoms with Crippen molar-refractivity contribution < 1.29 is 4.58 Å². The van der Waals surface area contributed by atoms with E-state index >= 15 is 0 Å². The fourth-order valence-corrected chi connectivity index (χ4v) is 1.50. The lowest BCUT2D eigenvalue weighted by Crippen LogP contribution is -1.85. The van der Waals surface area contributed by atoms with E-state index in [1.54, 1.807) is 0 Å². The monoisotopic (exact) mass is 172 g/mol. The molecular weight excluding hydrogens is 158 g/mol. The third-order valence-electron chi connectivity index (χ3n) is 2.48. The molecule has 0 radical (unpaired) electrons. The second-order valence-corrected chi connectivity index (χ2v) is 3.69. The highest BCUT2D eigenvalue weighted by molar-refractivity contribution is 5.61. The standard InChI is InChI=1S/C12H14N/c1-9(2)10-5-4-6-11(7-10)12-8-13(12)3/h4-7,12H,1,3,8H2,2H3/q+1. The van der Waals surface area contributed by atoms with Gasteiger partial charge in [-0.3, -0.25) is 0 Å². The maximum Gasteiger partial charge on any atom is 0.235 e. The largest absolute Gasteiger partial charge is 0.235 e. The summed E-state index contributed by atoms with van der Waals surface area (Å²) in [4.78, 5) is 0. The Labute approximate surface area is 79.0 Å². The predicted octanol–water partition coefficient (Wildman–Crippen LogP) is 2.49. The van der Waals surface area contributed by atoms with Crippen LogP contribution in [0.3, 0.4) is 0 Å². The smallest absolute Gasteiger partial charge is 0.222 e. The van der Waals surface area contributed by atoms with Gasteiger partial charge in [0.1, 0.15) is 6.72 Å². The van der Waals surface area contributed by atoms with Crippen LogP contribution in [0.5, 0.6) is 0 Å². The molecule has 1 heteroatoms. The minimum atomic E-state index is 0.541. The molecule has 0 amide bonds. The van der Waals surface area contributed by atoms with Gasteiger partial charge in [0.15, 0.2) is 0 Å². The molecule has 1 aromatic carbocycles. The van der Waals surface area contributed by atoms with Crippen LogP contribution in [-0.4, -0.2) is 17.8 Å². The van der Waals surface area contributed by atoms with E-state index in [0.29, 0.717) is 6.04 Å². The van der Waals surface area contributed by atoms with Gasteiger partial charge in [-0.15, -0.1) is 0 Å². The summed E-state index contributed by atoms with van der Waals surface area (Å²) in [5.41, 5.74) is 3.71. The first kappa shape index (κ1) is 8.24. The zero-order valence-corrected chi connectivity index (χ0v) is 7.96. The van der Waals surface area contributed by atoms with Crippen LogP contribution in [0.1, 0.15) is 24.1 Å². The highest BCUT2D eigenvalue weighted by Gasteiger charge is 2.39. The maximum atomic E-state index is 3.94. The van der Waals surface area contributed by atoms with Gasteiger partial charge in [0, 0.05) is 5.56 Å². The van der Waals surface area contributed by atoms with Crippen molar-refractivity contribution in [1.29, 1.82) is 0 Å². The van der Waals surface area contributed by atoms with Crippen LogP contribution < -0.4 is 0 Å². The Morgan fingerprint density at radius 3 is 2.77 bits per heavy atom. The molecule has 1 unspecified atom stereocenters. The van der Waals surface area contributed by atoms with Gasteiger partial charge >= 0.3 is 0 Å². The Kier molecular flexibility index (Phi) is 1.80. The summed E-state index contributed by atoms with van der Waals surface area (Å²) in [6.07, 6.45) is 0. The number of hydrogen-bond acceptors (Lipinski definition) is 0. The van der Waals surface area contributed by atoms with E-state index in [1.807, 2.05) is 6.92 Å². The molecular formula is C12H14N+. The molecule has 0 aromatic heterocycles. The number of benzene rings is 1. The fourth-order valence-electron chi connectivity index (χ4n) is 1.50. The number of hydrogen-bond donors (Lipinski definition) is 0. The van der Waals surface area contributed by atoms with Crippen molar-refractivity contribution >= 4 is 12.3 Å².